The van der Waals surface area contributed by atoms with Crippen molar-refractivity contribution in [3.05, 3.63) is 48.4 Å². The monoisotopic (exact) mass is 365 g/mol. The molecule has 2 N–H and O–H groups in total. The summed E-state index contributed by atoms with van der Waals surface area (Å²) in [6.07, 6.45) is 8.48. The summed E-state index contributed by atoms with van der Waals surface area (Å²) in [6, 6.07) is 9.23. The van der Waals surface area contributed by atoms with Gasteiger partial charge < -0.3 is 15.5 Å². The van der Waals surface area contributed by atoms with E-state index in [0.717, 1.165) is 36.4 Å². The summed E-state index contributed by atoms with van der Waals surface area (Å²) in [5.41, 5.74) is 1.18. The molecule has 4 heterocycles. The molecular formula is C21H27N5O. The molecule has 2 fully saturated rings. The lowest BCUT2D eigenvalue weighted by atomic mass is 9.95. The van der Waals surface area contributed by atoms with Crippen molar-refractivity contribution in [2.75, 3.05) is 36.4 Å². The molecule has 0 saturated carbocycles. The summed E-state index contributed by atoms with van der Waals surface area (Å²) in [5.74, 6) is 2.31. The van der Waals surface area contributed by atoms with Gasteiger partial charge in [-0.1, -0.05) is 6.07 Å². The smallest absolute Gasteiger partial charge is 0.274 e. The maximum absolute atomic E-state index is 12.5. The molecule has 2 aromatic rings. The first-order valence-electron chi connectivity index (χ1n) is 9.92. The number of aromatic nitrogens is 2. The highest BCUT2D eigenvalue weighted by Gasteiger charge is 2.25. The second-order valence-electron chi connectivity index (χ2n) is 7.61. The molecule has 142 valence electrons. The molecule has 0 bridgehead atoms. The van der Waals surface area contributed by atoms with Gasteiger partial charge in [-0.15, -0.1) is 0 Å². The summed E-state index contributed by atoms with van der Waals surface area (Å²) < 4.78 is 0. The van der Waals surface area contributed by atoms with E-state index in [9.17, 15) is 4.79 Å². The lowest BCUT2D eigenvalue weighted by Crippen LogP contribution is -2.22. The quantitative estimate of drug-likeness (QED) is 0.824. The first kappa shape index (κ1) is 17.9. The minimum absolute atomic E-state index is 0.187. The third-order valence-electron chi connectivity index (χ3n) is 5.66. The molecule has 2 aliphatic heterocycles. The highest BCUT2D eigenvalue weighted by atomic mass is 16.1. The lowest BCUT2D eigenvalue weighted by Gasteiger charge is -2.19. The van der Waals surface area contributed by atoms with Gasteiger partial charge in [0.15, 0.2) is 0 Å². The van der Waals surface area contributed by atoms with Crippen molar-refractivity contribution in [1.82, 2.24) is 15.3 Å². The summed E-state index contributed by atoms with van der Waals surface area (Å²) in [4.78, 5) is 23.4. The number of pyridine rings is 2. The Balaban J connectivity index is 1.34. The summed E-state index contributed by atoms with van der Waals surface area (Å²) in [5, 5.41) is 6.33. The molecule has 27 heavy (non-hydrogen) atoms. The molecule has 0 radical (unpaired) electrons. The zero-order chi connectivity index (χ0) is 18.5. The van der Waals surface area contributed by atoms with Crippen LogP contribution in [0.3, 0.4) is 0 Å². The van der Waals surface area contributed by atoms with Crippen molar-refractivity contribution in [3.63, 3.8) is 0 Å². The van der Waals surface area contributed by atoms with Gasteiger partial charge in [-0.05, 0) is 74.9 Å². The molecular weight excluding hydrogens is 338 g/mol. The van der Waals surface area contributed by atoms with E-state index in [1.807, 2.05) is 12.1 Å². The van der Waals surface area contributed by atoms with E-state index >= 15 is 0 Å². The second kappa shape index (κ2) is 8.48. The van der Waals surface area contributed by atoms with E-state index in [2.05, 4.69) is 25.5 Å². The van der Waals surface area contributed by atoms with Crippen molar-refractivity contribution < 1.29 is 4.79 Å². The predicted molar refractivity (Wildman–Crippen MR) is 107 cm³/mol. The fourth-order valence-corrected chi connectivity index (χ4v) is 4.06. The topological polar surface area (TPSA) is 70.2 Å². The highest BCUT2D eigenvalue weighted by molar-refractivity contribution is 6.03. The SMILES string of the molecule is O=C(Nc1ccncc1)c1cccc(N2CC[C@@H](CCC3CCNC3)C2)n1. The van der Waals surface area contributed by atoms with Crippen LogP contribution in [0, 0.1) is 11.8 Å². The first-order chi connectivity index (χ1) is 13.3. The van der Waals surface area contributed by atoms with E-state index < -0.39 is 0 Å². The lowest BCUT2D eigenvalue weighted by molar-refractivity contribution is 0.102. The third-order valence-corrected chi connectivity index (χ3v) is 5.66. The van der Waals surface area contributed by atoms with Gasteiger partial charge in [-0.25, -0.2) is 4.98 Å². The van der Waals surface area contributed by atoms with Crippen LogP contribution in [0.15, 0.2) is 42.7 Å². The first-order valence-corrected chi connectivity index (χ1v) is 9.92. The number of hydrogen-bond acceptors (Lipinski definition) is 5. The maximum atomic E-state index is 12.5. The number of nitrogens with one attached hydrogen (secondary N) is 2. The zero-order valence-electron chi connectivity index (χ0n) is 15.6. The Labute approximate surface area is 160 Å². The number of nitrogens with zero attached hydrogens (tertiary/aromatic N) is 3. The minimum Gasteiger partial charge on any atom is -0.356 e. The van der Waals surface area contributed by atoms with Crippen LogP contribution in [0.1, 0.15) is 36.2 Å². The zero-order valence-corrected chi connectivity index (χ0v) is 15.6. The van der Waals surface area contributed by atoms with Crippen LogP contribution in [-0.4, -0.2) is 42.1 Å². The molecule has 2 aliphatic rings. The molecule has 0 spiro atoms. The van der Waals surface area contributed by atoms with Gasteiger partial charge in [-0.3, -0.25) is 9.78 Å². The summed E-state index contributed by atoms with van der Waals surface area (Å²) in [7, 11) is 0. The van der Waals surface area contributed by atoms with Gasteiger partial charge in [-0.2, -0.15) is 0 Å². The van der Waals surface area contributed by atoms with Gasteiger partial charge in [0.05, 0.1) is 0 Å². The van der Waals surface area contributed by atoms with Crippen molar-refractivity contribution in [1.29, 1.82) is 0 Å². The van der Waals surface area contributed by atoms with Crippen LogP contribution in [0.2, 0.25) is 0 Å². The van der Waals surface area contributed by atoms with Gasteiger partial charge in [0.2, 0.25) is 0 Å². The van der Waals surface area contributed by atoms with Crippen LogP contribution < -0.4 is 15.5 Å². The molecule has 0 aromatic carbocycles. The van der Waals surface area contributed by atoms with E-state index in [1.54, 1.807) is 30.6 Å². The minimum atomic E-state index is -0.187. The molecule has 6 nitrogen and oxygen atoms in total. The number of hydrogen-bond donors (Lipinski definition) is 2. The van der Waals surface area contributed by atoms with Crippen molar-refractivity contribution in [2.24, 2.45) is 11.8 Å². The van der Waals surface area contributed by atoms with Crippen LogP contribution in [0.25, 0.3) is 0 Å². The number of anilines is 2. The Morgan fingerprint density at radius 2 is 2.00 bits per heavy atom. The fraction of sp³-hybridized carbons (Fsp3) is 0.476. The number of carbonyl (C=O) groups is 1. The summed E-state index contributed by atoms with van der Waals surface area (Å²) >= 11 is 0. The van der Waals surface area contributed by atoms with E-state index in [0.29, 0.717) is 5.69 Å². The third kappa shape index (κ3) is 4.63. The van der Waals surface area contributed by atoms with E-state index in [4.69, 9.17) is 0 Å². The second-order valence-corrected chi connectivity index (χ2v) is 7.61. The number of carbonyl (C=O) groups excluding carboxylic acids is 1. The van der Waals surface area contributed by atoms with Crippen molar-refractivity contribution >= 4 is 17.4 Å². The van der Waals surface area contributed by atoms with Crippen LogP contribution in [0.4, 0.5) is 11.5 Å². The molecule has 1 amide bonds. The van der Waals surface area contributed by atoms with Gasteiger partial charge >= 0.3 is 0 Å². The molecule has 4 rings (SSSR count). The van der Waals surface area contributed by atoms with Crippen LogP contribution in [-0.2, 0) is 0 Å². The Hall–Kier alpha value is -2.47. The standard InChI is InChI=1S/C21H27N5O/c27-21(24-18-7-11-22-12-8-18)19-2-1-3-20(25-19)26-13-9-17(15-26)5-4-16-6-10-23-14-16/h1-3,7-8,11-12,16-17,23H,4-6,9-10,13-15H2,(H,22,24,27)/t16?,17-/m1/s1. The maximum Gasteiger partial charge on any atom is 0.274 e. The molecule has 2 saturated heterocycles. The van der Waals surface area contributed by atoms with Crippen molar-refractivity contribution in [2.45, 2.75) is 25.7 Å². The average molecular weight is 365 g/mol. The van der Waals surface area contributed by atoms with Crippen molar-refractivity contribution in [3.8, 4) is 0 Å². The van der Waals surface area contributed by atoms with Crippen LogP contribution >= 0.6 is 0 Å². The average Bonchev–Trinajstić information content (AvgIpc) is 3.39. The van der Waals surface area contributed by atoms with Gasteiger partial charge in [0.25, 0.3) is 5.91 Å². The molecule has 0 aliphatic carbocycles. The van der Waals surface area contributed by atoms with Crippen LogP contribution in [0.5, 0.6) is 0 Å². The fourth-order valence-electron chi connectivity index (χ4n) is 4.06. The Kier molecular flexibility index (Phi) is 5.63. The van der Waals surface area contributed by atoms with E-state index in [1.165, 1.54) is 38.8 Å². The van der Waals surface area contributed by atoms with Gasteiger partial charge in [0, 0.05) is 31.2 Å². The summed E-state index contributed by atoms with van der Waals surface area (Å²) in [6.45, 7) is 4.44. The predicted octanol–water partition coefficient (Wildman–Crippen LogP) is 2.94. The number of rotatable bonds is 6. The number of amides is 1. The molecule has 2 atom stereocenters. The normalized spacial score (nSPS) is 22.1. The molecule has 1 unspecified atom stereocenters. The Morgan fingerprint density at radius 1 is 1.15 bits per heavy atom. The largest absolute Gasteiger partial charge is 0.356 e. The Morgan fingerprint density at radius 3 is 2.81 bits per heavy atom. The van der Waals surface area contributed by atoms with Gasteiger partial charge in [0.1, 0.15) is 11.5 Å². The van der Waals surface area contributed by atoms with E-state index in [-0.39, 0.29) is 5.91 Å². The Bertz CT molecular complexity index is 760. The molecule has 6 heteroatoms. The highest BCUT2D eigenvalue weighted by Crippen LogP contribution is 2.28. The molecule has 2 aromatic heterocycles.